The van der Waals surface area contributed by atoms with Gasteiger partial charge in [0.15, 0.2) is 0 Å². The Balaban J connectivity index is 1.43. The van der Waals surface area contributed by atoms with Gasteiger partial charge in [-0.05, 0) is 48.9 Å². The number of nitrogens with zero attached hydrogens (tertiary/aromatic N) is 2. The second-order valence-corrected chi connectivity index (χ2v) is 10.4. The summed E-state index contributed by atoms with van der Waals surface area (Å²) in [5, 5.41) is 8.50. The Morgan fingerprint density at radius 2 is 1.89 bits per heavy atom. The summed E-state index contributed by atoms with van der Waals surface area (Å²) in [6, 6.07) is 9.11. The van der Waals surface area contributed by atoms with Gasteiger partial charge >= 0.3 is 0 Å². The highest BCUT2D eigenvalue weighted by Gasteiger charge is 2.20. The fourth-order valence-corrected chi connectivity index (χ4v) is 5.64. The van der Waals surface area contributed by atoms with Crippen molar-refractivity contribution < 1.29 is 4.79 Å². The number of aryl methyl sites for hydroxylation is 2. The topological polar surface area (TPSA) is 91.8 Å². The van der Waals surface area contributed by atoms with Crippen LogP contribution in [-0.2, 0) is 18.3 Å². The number of amides is 1. The summed E-state index contributed by atoms with van der Waals surface area (Å²) in [7, 11) is 1.85. The van der Waals surface area contributed by atoms with Crippen LogP contribution in [0.5, 0.6) is 0 Å². The molecule has 1 fully saturated rings. The molecule has 1 amide bonds. The van der Waals surface area contributed by atoms with Crippen molar-refractivity contribution in [1.29, 1.82) is 0 Å². The number of aromatic amines is 1. The minimum atomic E-state index is -0.189. The molecule has 9 heteroatoms. The third-order valence-electron chi connectivity index (χ3n) is 7.23. The van der Waals surface area contributed by atoms with Crippen LogP contribution in [0.25, 0.3) is 21.8 Å². The Labute approximate surface area is 224 Å². The van der Waals surface area contributed by atoms with Crippen molar-refractivity contribution in [3.63, 3.8) is 0 Å². The Morgan fingerprint density at radius 3 is 2.62 bits per heavy atom. The van der Waals surface area contributed by atoms with Crippen molar-refractivity contribution >= 4 is 62.6 Å². The van der Waals surface area contributed by atoms with Gasteiger partial charge in [0.25, 0.3) is 5.56 Å². The number of para-hydroxylation sites is 1. The molecule has 3 N–H and O–H groups in total. The first-order valence-electron chi connectivity index (χ1n) is 12.5. The zero-order chi connectivity index (χ0) is 26.1. The quantitative estimate of drug-likeness (QED) is 0.261. The van der Waals surface area contributed by atoms with Gasteiger partial charge in [0.2, 0.25) is 11.9 Å². The number of fused-ring (bicyclic) bond motifs is 3. The molecule has 2 heterocycles. The molecule has 1 saturated carbocycles. The molecule has 37 heavy (non-hydrogen) atoms. The lowest BCUT2D eigenvalue weighted by molar-refractivity contribution is -0.124. The van der Waals surface area contributed by atoms with Gasteiger partial charge in [-0.3, -0.25) is 9.59 Å². The summed E-state index contributed by atoms with van der Waals surface area (Å²) in [6.07, 6.45) is 9.45. The molecule has 2 aromatic heterocycles. The number of carbonyl (C=O) groups is 1. The number of nitrogens with one attached hydrogen (secondary N) is 3. The average Bonchev–Trinajstić information content (AvgIpc) is 3.22. The highest BCUT2D eigenvalue weighted by molar-refractivity contribution is 6.39. The average molecular weight is 538 g/mol. The van der Waals surface area contributed by atoms with E-state index in [2.05, 4.69) is 20.6 Å². The van der Waals surface area contributed by atoms with Crippen LogP contribution in [0, 0.1) is 12.8 Å². The van der Waals surface area contributed by atoms with E-state index in [1.807, 2.05) is 36.7 Å². The summed E-state index contributed by atoms with van der Waals surface area (Å²) in [5.74, 6) is 0.714. The van der Waals surface area contributed by atoms with Crippen LogP contribution in [-0.4, -0.2) is 20.4 Å². The van der Waals surface area contributed by atoms with Crippen molar-refractivity contribution in [3.05, 3.63) is 74.3 Å². The molecule has 4 aromatic rings. The Morgan fingerprint density at radius 1 is 1.16 bits per heavy atom. The number of carbonyl (C=O) groups excluding carboxylic acids is 1. The fourth-order valence-electron chi connectivity index (χ4n) is 5.15. The lowest BCUT2D eigenvalue weighted by Crippen LogP contribution is -2.28. The van der Waals surface area contributed by atoms with E-state index < -0.39 is 0 Å². The standard InChI is InChI=1S/C28H29Cl2N5O2/c1-16-18-13-14-22-25(35(2)28(33-22)34-24-19(29)10-6-11-20(24)30)23(18)27(37)32-21(16)12-7-15-31-26(36)17-8-4-3-5-9-17/h6-7,10-11,13-15,17H,3-5,8-9,12H2,1-2H3,(H,31,36)(H,32,37)(H,33,34). The second-order valence-electron chi connectivity index (χ2n) is 9.58. The van der Waals surface area contributed by atoms with E-state index in [0.717, 1.165) is 47.8 Å². The van der Waals surface area contributed by atoms with Gasteiger partial charge < -0.3 is 20.2 Å². The van der Waals surface area contributed by atoms with Crippen molar-refractivity contribution in [3.8, 4) is 0 Å². The van der Waals surface area contributed by atoms with E-state index in [1.165, 1.54) is 6.42 Å². The molecule has 192 valence electrons. The number of aromatic nitrogens is 3. The summed E-state index contributed by atoms with van der Waals surface area (Å²) in [4.78, 5) is 33.4. The van der Waals surface area contributed by atoms with E-state index in [-0.39, 0.29) is 17.4 Å². The molecule has 0 radical (unpaired) electrons. The van der Waals surface area contributed by atoms with Crippen LogP contribution in [0.3, 0.4) is 0 Å². The number of pyridine rings is 1. The van der Waals surface area contributed by atoms with Crippen LogP contribution in [0.15, 0.2) is 47.4 Å². The molecule has 0 unspecified atom stereocenters. The highest BCUT2D eigenvalue weighted by atomic mass is 35.5. The second kappa shape index (κ2) is 10.6. The van der Waals surface area contributed by atoms with Crippen molar-refractivity contribution in [2.45, 2.75) is 45.4 Å². The van der Waals surface area contributed by atoms with Crippen molar-refractivity contribution in [2.24, 2.45) is 13.0 Å². The maximum absolute atomic E-state index is 13.3. The van der Waals surface area contributed by atoms with E-state index in [0.29, 0.717) is 39.0 Å². The monoisotopic (exact) mass is 537 g/mol. The normalized spacial score (nSPS) is 14.6. The fraction of sp³-hybridized carbons (Fsp3) is 0.321. The number of halogens is 2. The first-order valence-corrected chi connectivity index (χ1v) is 13.3. The number of allylic oxidation sites excluding steroid dienone is 1. The number of hydrogen-bond acceptors (Lipinski definition) is 4. The number of benzene rings is 2. The smallest absolute Gasteiger partial charge is 0.258 e. The van der Waals surface area contributed by atoms with Gasteiger partial charge in [0.05, 0.1) is 32.2 Å². The molecule has 1 aliphatic rings. The number of H-pyrrole nitrogens is 1. The SMILES string of the molecule is Cc1c(CC=CNC(=O)C2CCCCC2)[nH]c(=O)c2c1ccc1nc(Nc3c(Cl)cccc3Cl)n(C)c12. The summed E-state index contributed by atoms with van der Waals surface area (Å²) < 4.78 is 1.84. The van der Waals surface area contributed by atoms with E-state index in [9.17, 15) is 9.59 Å². The zero-order valence-corrected chi connectivity index (χ0v) is 22.3. The molecule has 0 spiro atoms. The van der Waals surface area contributed by atoms with Crippen molar-refractivity contribution in [2.75, 3.05) is 5.32 Å². The Bertz CT molecular complexity index is 1560. The van der Waals surface area contributed by atoms with Crippen LogP contribution >= 0.6 is 23.2 Å². The molecule has 0 aliphatic heterocycles. The Hall–Kier alpha value is -3.29. The third-order valence-corrected chi connectivity index (χ3v) is 7.86. The maximum Gasteiger partial charge on any atom is 0.258 e. The maximum atomic E-state index is 13.3. The zero-order valence-electron chi connectivity index (χ0n) is 20.8. The van der Waals surface area contributed by atoms with Gasteiger partial charge in [-0.1, -0.05) is 60.7 Å². The summed E-state index contributed by atoms with van der Waals surface area (Å²) >= 11 is 12.7. The van der Waals surface area contributed by atoms with Crippen LogP contribution in [0.4, 0.5) is 11.6 Å². The molecule has 2 aromatic carbocycles. The third kappa shape index (κ3) is 4.98. The molecule has 0 bridgehead atoms. The summed E-state index contributed by atoms with van der Waals surface area (Å²) in [6.45, 7) is 1.99. The van der Waals surface area contributed by atoms with Gasteiger partial charge in [-0.15, -0.1) is 0 Å². The van der Waals surface area contributed by atoms with Crippen LogP contribution in [0.1, 0.15) is 43.4 Å². The van der Waals surface area contributed by atoms with Crippen LogP contribution < -0.4 is 16.2 Å². The molecule has 5 rings (SSSR count). The van der Waals surface area contributed by atoms with E-state index in [4.69, 9.17) is 23.2 Å². The predicted octanol–water partition coefficient (Wildman–Crippen LogP) is 6.53. The minimum absolute atomic E-state index is 0.0840. The first kappa shape index (κ1) is 25.4. The number of anilines is 2. The van der Waals surface area contributed by atoms with Gasteiger partial charge in [0, 0.05) is 31.3 Å². The van der Waals surface area contributed by atoms with E-state index in [1.54, 1.807) is 24.4 Å². The predicted molar refractivity (Wildman–Crippen MR) is 151 cm³/mol. The molecular weight excluding hydrogens is 509 g/mol. The lowest BCUT2D eigenvalue weighted by Gasteiger charge is -2.19. The van der Waals surface area contributed by atoms with Crippen molar-refractivity contribution in [1.82, 2.24) is 19.9 Å². The van der Waals surface area contributed by atoms with Gasteiger partial charge in [-0.25, -0.2) is 4.98 Å². The van der Waals surface area contributed by atoms with E-state index >= 15 is 0 Å². The molecular formula is C28H29Cl2N5O2. The minimum Gasteiger partial charge on any atom is -0.333 e. The largest absolute Gasteiger partial charge is 0.333 e. The van der Waals surface area contributed by atoms with Crippen LogP contribution in [0.2, 0.25) is 10.0 Å². The highest BCUT2D eigenvalue weighted by Crippen LogP contribution is 2.34. The number of hydrogen-bond donors (Lipinski definition) is 3. The lowest BCUT2D eigenvalue weighted by atomic mass is 9.89. The Kier molecular flexibility index (Phi) is 7.26. The molecule has 1 aliphatic carbocycles. The van der Waals surface area contributed by atoms with Gasteiger partial charge in [-0.2, -0.15) is 0 Å². The summed E-state index contributed by atoms with van der Waals surface area (Å²) in [5.41, 5.74) is 3.56. The molecule has 0 saturated heterocycles. The molecule has 0 atom stereocenters. The molecule has 7 nitrogen and oxygen atoms in total. The van der Waals surface area contributed by atoms with Gasteiger partial charge in [0.1, 0.15) is 0 Å². The number of imidazole rings is 1. The number of rotatable bonds is 6. The first-order chi connectivity index (χ1) is 17.8.